The van der Waals surface area contributed by atoms with Gasteiger partial charge in [-0.2, -0.15) is 0 Å². The minimum absolute atomic E-state index is 0.0313. The molecule has 1 saturated heterocycles. The molecule has 1 aromatic heterocycles. The average Bonchev–Trinajstić information content (AvgIpc) is 3.25. The van der Waals surface area contributed by atoms with E-state index in [1.54, 1.807) is 19.2 Å². The predicted octanol–water partition coefficient (Wildman–Crippen LogP) is 4.77. The molecule has 0 aliphatic carbocycles. The van der Waals surface area contributed by atoms with Crippen molar-refractivity contribution in [2.75, 3.05) is 20.3 Å². The quantitative estimate of drug-likeness (QED) is 0.581. The number of halogens is 1. The van der Waals surface area contributed by atoms with Crippen molar-refractivity contribution in [2.24, 2.45) is 0 Å². The van der Waals surface area contributed by atoms with Crippen LogP contribution in [0.5, 0.6) is 11.5 Å². The van der Waals surface area contributed by atoms with Crippen LogP contribution in [0.4, 0.5) is 4.39 Å². The maximum atomic E-state index is 13.5. The molecule has 0 N–H and O–H groups in total. The summed E-state index contributed by atoms with van der Waals surface area (Å²) >= 11 is 0. The number of rotatable bonds is 6. The van der Waals surface area contributed by atoms with Crippen LogP contribution in [0, 0.1) is 5.82 Å². The highest BCUT2D eigenvalue weighted by Gasteiger charge is 2.41. The van der Waals surface area contributed by atoms with Crippen LogP contribution >= 0.6 is 0 Å². The van der Waals surface area contributed by atoms with E-state index in [0.29, 0.717) is 49.3 Å². The summed E-state index contributed by atoms with van der Waals surface area (Å²) in [6.45, 7) is 5.06. The van der Waals surface area contributed by atoms with Crippen molar-refractivity contribution < 1.29 is 23.0 Å². The van der Waals surface area contributed by atoms with Gasteiger partial charge in [0.25, 0.3) is 0 Å². The molecule has 0 radical (unpaired) electrons. The first-order valence-corrected chi connectivity index (χ1v) is 10.0. The summed E-state index contributed by atoms with van der Waals surface area (Å²) in [4.78, 5) is 0. The molecule has 7 heteroatoms. The van der Waals surface area contributed by atoms with E-state index in [2.05, 4.69) is 10.2 Å². The van der Waals surface area contributed by atoms with E-state index in [0.717, 1.165) is 11.1 Å². The number of methoxy groups -OCH3 is 1. The molecule has 1 fully saturated rings. The van der Waals surface area contributed by atoms with E-state index in [1.807, 2.05) is 32.0 Å². The largest absolute Gasteiger partial charge is 0.493 e. The highest BCUT2D eigenvalue weighted by atomic mass is 19.1. The maximum Gasteiger partial charge on any atom is 0.247 e. The van der Waals surface area contributed by atoms with Crippen LogP contribution < -0.4 is 9.47 Å². The number of hydrogen-bond donors (Lipinski definition) is 0. The van der Waals surface area contributed by atoms with Gasteiger partial charge in [-0.3, -0.25) is 0 Å². The Kier molecular flexibility index (Phi) is 5.72. The molecule has 0 atom stereocenters. The Hall–Kier alpha value is -2.93. The Morgan fingerprint density at radius 2 is 1.73 bits per heavy atom. The van der Waals surface area contributed by atoms with Gasteiger partial charge < -0.3 is 18.6 Å². The Morgan fingerprint density at radius 3 is 2.40 bits per heavy atom. The number of nitrogens with zero attached hydrogens (tertiary/aromatic N) is 2. The molecular weight excluding hydrogens is 387 g/mol. The summed E-state index contributed by atoms with van der Waals surface area (Å²) in [6, 6.07) is 12.0. The van der Waals surface area contributed by atoms with Crippen molar-refractivity contribution in [3.63, 3.8) is 0 Å². The van der Waals surface area contributed by atoms with Crippen LogP contribution in [0.3, 0.4) is 0 Å². The minimum atomic E-state index is -0.498. The summed E-state index contributed by atoms with van der Waals surface area (Å²) in [5.74, 6) is 1.88. The van der Waals surface area contributed by atoms with E-state index in [9.17, 15) is 4.39 Å². The first-order chi connectivity index (χ1) is 14.5. The molecule has 0 bridgehead atoms. The predicted molar refractivity (Wildman–Crippen MR) is 109 cm³/mol. The second kappa shape index (κ2) is 8.44. The second-order valence-corrected chi connectivity index (χ2v) is 7.65. The topological polar surface area (TPSA) is 66.6 Å². The zero-order chi connectivity index (χ0) is 21.1. The molecule has 0 amide bonds. The molecular formula is C23H25FN2O4. The van der Waals surface area contributed by atoms with E-state index in [1.165, 1.54) is 12.1 Å². The van der Waals surface area contributed by atoms with Crippen LogP contribution in [-0.4, -0.2) is 36.6 Å². The Bertz CT molecular complexity index is 995. The summed E-state index contributed by atoms with van der Waals surface area (Å²) in [6.07, 6.45) is 1.40. The molecule has 30 heavy (non-hydrogen) atoms. The van der Waals surface area contributed by atoms with Gasteiger partial charge >= 0.3 is 0 Å². The molecule has 2 aromatic carbocycles. The third kappa shape index (κ3) is 3.89. The van der Waals surface area contributed by atoms with Crippen LogP contribution in [0.2, 0.25) is 0 Å². The fourth-order valence-corrected chi connectivity index (χ4v) is 3.80. The molecule has 1 aliphatic heterocycles. The SMILES string of the molecule is COc1cc(-c2nnc(C3(c4ccc(F)cc4)CCOCC3)o2)ccc1OC(C)C. The van der Waals surface area contributed by atoms with Gasteiger partial charge in [-0.15, -0.1) is 10.2 Å². The van der Waals surface area contributed by atoms with Gasteiger partial charge in [0.2, 0.25) is 11.8 Å². The lowest BCUT2D eigenvalue weighted by Crippen LogP contribution is -2.35. The van der Waals surface area contributed by atoms with Crippen molar-refractivity contribution in [3.05, 3.63) is 59.7 Å². The van der Waals surface area contributed by atoms with Crippen molar-refractivity contribution in [1.82, 2.24) is 10.2 Å². The Balaban J connectivity index is 1.70. The molecule has 0 saturated carbocycles. The number of ether oxygens (including phenoxy) is 3. The maximum absolute atomic E-state index is 13.5. The van der Waals surface area contributed by atoms with Gasteiger partial charge in [0.15, 0.2) is 11.5 Å². The number of aromatic nitrogens is 2. The second-order valence-electron chi connectivity index (χ2n) is 7.65. The van der Waals surface area contributed by atoms with Gasteiger partial charge in [0, 0.05) is 18.8 Å². The van der Waals surface area contributed by atoms with Crippen LogP contribution in [0.25, 0.3) is 11.5 Å². The van der Waals surface area contributed by atoms with Crippen molar-refractivity contribution in [2.45, 2.75) is 38.2 Å². The molecule has 158 valence electrons. The lowest BCUT2D eigenvalue weighted by Gasteiger charge is -2.34. The highest BCUT2D eigenvalue weighted by molar-refractivity contribution is 5.59. The number of hydrogen-bond acceptors (Lipinski definition) is 6. The standard InChI is InChI=1S/C23H25FN2O4/c1-15(2)29-19-9-4-16(14-20(19)27-3)21-25-26-22(30-21)23(10-12-28-13-11-23)17-5-7-18(24)8-6-17/h4-9,14-15H,10-13H2,1-3H3. The van der Waals surface area contributed by atoms with E-state index in [4.69, 9.17) is 18.6 Å². The molecule has 2 heterocycles. The minimum Gasteiger partial charge on any atom is -0.493 e. The normalized spacial score (nSPS) is 15.9. The lowest BCUT2D eigenvalue weighted by molar-refractivity contribution is 0.0546. The fourth-order valence-electron chi connectivity index (χ4n) is 3.80. The first-order valence-electron chi connectivity index (χ1n) is 10.0. The van der Waals surface area contributed by atoms with Gasteiger partial charge in [0.1, 0.15) is 5.82 Å². The van der Waals surface area contributed by atoms with E-state index in [-0.39, 0.29) is 11.9 Å². The van der Waals surface area contributed by atoms with Gasteiger partial charge in [0.05, 0.1) is 18.6 Å². The third-order valence-electron chi connectivity index (χ3n) is 5.35. The van der Waals surface area contributed by atoms with Crippen LogP contribution in [0.15, 0.2) is 46.9 Å². The third-order valence-corrected chi connectivity index (χ3v) is 5.35. The van der Waals surface area contributed by atoms with Gasteiger partial charge in [-0.25, -0.2) is 4.39 Å². The molecule has 1 aliphatic rings. The van der Waals surface area contributed by atoms with Crippen molar-refractivity contribution in [3.8, 4) is 23.0 Å². The summed E-state index contributed by atoms with van der Waals surface area (Å²) in [7, 11) is 1.59. The average molecular weight is 412 g/mol. The summed E-state index contributed by atoms with van der Waals surface area (Å²) in [5, 5.41) is 8.66. The zero-order valence-corrected chi connectivity index (χ0v) is 17.4. The van der Waals surface area contributed by atoms with Crippen molar-refractivity contribution >= 4 is 0 Å². The molecule has 3 aromatic rings. The monoisotopic (exact) mass is 412 g/mol. The summed E-state index contributed by atoms with van der Waals surface area (Å²) in [5.41, 5.74) is 1.19. The van der Waals surface area contributed by atoms with E-state index >= 15 is 0 Å². The van der Waals surface area contributed by atoms with E-state index < -0.39 is 5.41 Å². The molecule has 0 unspecified atom stereocenters. The van der Waals surface area contributed by atoms with Gasteiger partial charge in [-0.1, -0.05) is 12.1 Å². The summed E-state index contributed by atoms with van der Waals surface area (Å²) < 4.78 is 36.4. The zero-order valence-electron chi connectivity index (χ0n) is 17.4. The molecule has 6 nitrogen and oxygen atoms in total. The van der Waals surface area contributed by atoms with Crippen LogP contribution in [-0.2, 0) is 10.2 Å². The van der Waals surface area contributed by atoms with Gasteiger partial charge in [-0.05, 0) is 62.6 Å². The Morgan fingerprint density at radius 1 is 1.00 bits per heavy atom. The first kappa shape index (κ1) is 20.3. The smallest absolute Gasteiger partial charge is 0.247 e. The highest BCUT2D eigenvalue weighted by Crippen LogP contribution is 2.42. The van der Waals surface area contributed by atoms with Crippen molar-refractivity contribution in [1.29, 1.82) is 0 Å². The fraction of sp³-hybridized carbons (Fsp3) is 0.391. The molecule has 4 rings (SSSR count). The Labute approximate surface area is 175 Å². The molecule has 0 spiro atoms. The number of benzene rings is 2. The lowest BCUT2D eigenvalue weighted by atomic mass is 9.74. The van der Waals surface area contributed by atoms with Crippen LogP contribution in [0.1, 0.15) is 38.1 Å².